The Morgan fingerprint density at radius 3 is 2.30 bits per heavy atom. The summed E-state index contributed by atoms with van der Waals surface area (Å²) in [4.78, 5) is 24.2. The third-order valence-corrected chi connectivity index (χ3v) is 4.16. The Bertz CT molecular complexity index is 690. The first-order valence-electron chi connectivity index (χ1n) is 6.49. The second-order valence-corrected chi connectivity index (χ2v) is 5.21. The van der Waals surface area contributed by atoms with Crippen molar-refractivity contribution in [3.63, 3.8) is 0 Å². The van der Waals surface area contributed by atoms with E-state index in [2.05, 4.69) is 0 Å². The molecule has 1 aliphatic carbocycles. The van der Waals surface area contributed by atoms with E-state index in [4.69, 9.17) is 0 Å². The first kappa shape index (κ1) is 12.6. The molecule has 0 radical (unpaired) electrons. The molecule has 0 amide bonds. The fraction of sp³-hybridized carbons (Fsp3) is 0.176. The van der Waals surface area contributed by atoms with Crippen LogP contribution in [-0.4, -0.2) is 16.9 Å². The summed E-state index contributed by atoms with van der Waals surface area (Å²) in [6.07, 6.45) is 0. The molecule has 3 nitrogen and oxygen atoms in total. The molecular weight excluding hydrogens is 252 g/mol. The molecule has 0 aromatic heterocycles. The van der Waals surface area contributed by atoms with Crippen molar-refractivity contribution >= 4 is 11.8 Å². The molecule has 1 N–H and O–H groups in total. The van der Waals surface area contributed by atoms with Crippen molar-refractivity contribution in [3.8, 4) is 0 Å². The second-order valence-electron chi connectivity index (χ2n) is 5.21. The first-order valence-corrected chi connectivity index (χ1v) is 6.49. The molecule has 3 heteroatoms. The van der Waals surface area contributed by atoms with E-state index in [0.717, 1.165) is 11.1 Å². The van der Waals surface area contributed by atoms with Crippen LogP contribution in [0.3, 0.4) is 0 Å². The lowest BCUT2D eigenvalue weighted by atomic mass is 9.76. The summed E-state index contributed by atoms with van der Waals surface area (Å²) in [6, 6.07) is 16.6. The predicted molar refractivity (Wildman–Crippen MR) is 74.7 cm³/mol. The highest BCUT2D eigenvalue weighted by Crippen LogP contribution is 2.46. The molecule has 0 heterocycles. The minimum Gasteiger partial charge on any atom is -0.480 e. The minimum atomic E-state index is -1.08. The zero-order chi connectivity index (χ0) is 14.3. The second kappa shape index (κ2) is 4.30. The van der Waals surface area contributed by atoms with Gasteiger partial charge in [-0.15, -0.1) is 0 Å². The molecule has 3 rings (SSSR count). The maximum atomic E-state index is 12.7. The third-order valence-electron chi connectivity index (χ3n) is 4.16. The van der Waals surface area contributed by atoms with Gasteiger partial charge in [0.1, 0.15) is 5.92 Å². The maximum absolute atomic E-state index is 12.7. The van der Waals surface area contributed by atoms with Gasteiger partial charge in [-0.3, -0.25) is 9.59 Å². The molecule has 0 bridgehead atoms. The average molecular weight is 266 g/mol. The highest BCUT2D eigenvalue weighted by atomic mass is 16.4. The number of hydrogen-bond donors (Lipinski definition) is 1. The van der Waals surface area contributed by atoms with Gasteiger partial charge in [0.15, 0.2) is 5.78 Å². The van der Waals surface area contributed by atoms with Gasteiger partial charge in [-0.2, -0.15) is 0 Å². The smallest absolute Gasteiger partial charge is 0.318 e. The monoisotopic (exact) mass is 266 g/mol. The highest BCUT2D eigenvalue weighted by molar-refractivity contribution is 6.14. The van der Waals surface area contributed by atoms with Gasteiger partial charge in [0.25, 0.3) is 0 Å². The molecule has 0 aliphatic heterocycles. The number of Topliss-reactive ketones (excluding diaryl/α,β-unsaturated/α-hetero) is 1. The lowest BCUT2D eigenvalue weighted by molar-refractivity contribution is -0.142. The van der Waals surface area contributed by atoms with Crippen molar-refractivity contribution < 1.29 is 14.7 Å². The number of carboxylic acids is 1. The number of carbonyl (C=O) groups excluding carboxylic acids is 1. The Hall–Kier alpha value is -2.42. The molecule has 100 valence electrons. The minimum absolute atomic E-state index is 0.266. The van der Waals surface area contributed by atoms with Crippen molar-refractivity contribution in [1.82, 2.24) is 0 Å². The first-order chi connectivity index (χ1) is 9.56. The van der Waals surface area contributed by atoms with Crippen LogP contribution in [0.5, 0.6) is 0 Å². The van der Waals surface area contributed by atoms with Gasteiger partial charge in [0.2, 0.25) is 0 Å². The standard InChI is InChI=1S/C17H14O3/c1-17(11-7-3-2-4-8-11)13-10-6-5-9-12(13)14(15(17)18)16(19)20/h2-10,14H,1H3,(H,19,20)/t14?,17-/m0/s1. The van der Waals surface area contributed by atoms with E-state index in [1.165, 1.54) is 0 Å². The average Bonchev–Trinajstić information content (AvgIpc) is 2.70. The molecule has 1 aliphatic rings. The number of fused-ring (bicyclic) bond motifs is 1. The van der Waals surface area contributed by atoms with E-state index in [9.17, 15) is 14.7 Å². The molecular formula is C17H14O3. The van der Waals surface area contributed by atoms with Gasteiger partial charge >= 0.3 is 5.97 Å². The summed E-state index contributed by atoms with van der Waals surface area (Å²) in [5.41, 5.74) is 1.35. The molecule has 2 atom stereocenters. The number of hydrogen-bond acceptors (Lipinski definition) is 2. The molecule has 1 unspecified atom stereocenters. The number of benzene rings is 2. The number of aliphatic carboxylic acids is 1. The van der Waals surface area contributed by atoms with Crippen molar-refractivity contribution in [1.29, 1.82) is 0 Å². The zero-order valence-electron chi connectivity index (χ0n) is 11.0. The quantitative estimate of drug-likeness (QED) is 0.850. The Balaban J connectivity index is 2.28. The lowest BCUT2D eigenvalue weighted by Gasteiger charge is -2.24. The van der Waals surface area contributed by atoms with E-state index in [1.807, 2.05) is 49.4 Å². The molecule has 2 aromatic rings. The van der Waals surface area contributed by atoms with Crippen LogP contribution in [-0.2, 0) is 15.0 Å². The van der Waals surface area contributed by atoms with E-state index >= 15 is 0 Å². The molecule has 0 spiro atoms. The van der Waals surface area contributed by atoms with Crippen LogP contribution in [0.1, 0.15) is 29.5 Å². The summed E-state index contributed by atoms with van der Waals surface area (Å²) in [6.45, 7) is 1.81. The van der Waals surface area contributed by atoms with Crippen molar-refractivity contribution in [2.75, 3.05) is 0 Å². The summed E-state index contributed by atoms with van der Waals surface area (Å²) in [5.74, 6) is -2.42. The Kier molecular flexibility index (Phi) is 2.71. The van der Waals surface area contributed by atoms with Crippen molar-refractivity contribution in [3.05, 3.63) is 71.3 Å². The molecule has 0 saturated heterocycles. The van der Waals surface area contributed by atoms with Gasteiger partial charge in [-0.25, -0.2) is 0 Å². The zero-order valence-corrected chi connectivity index (χ0v) is 11.0. The van der Waals surface area contributed by atoms with E-state index in [0.29, 0.717) is 5.56 Å². The van der Waals surface area contributed by atoms with Gasteiger partial charge in [0.05, 0.1) is 5.41 Å². The fourth-order valence-electron chi connectivity index (χ4n) is 3.08. The molecule has 20 heavy (non-hydrogen) atoms. The largest absolute Gasteiger partial charge is 0.480 e. The van der Waals surface area contributed by atoms with Crippen LogP contribution in [0.2, 0.25) is 0 Å². The van der Waals surface area contributed by atoms with Gasteiger partial charge in [0, 0.05) is 0 Å². The van der Waals surface area contributed by atoms with Crippen molar-refractivity contribution in [2.45, 2.75) is 18.3 Å². The molecule has 0 saturated carbocycles. The van der Waals surface area contributed by atoms with Gasteiger partial charge < -0.3 is 5.11 Å². The third kappa shape index (κ3) is 1.53. The predicted octanol–water partition coefficient (Wildman–Crippen LogP) is 2.74. The van der Waals surface area contributed by atoms with Crippen LogP contribution in [0.25, 0.3) is 0 Å². The van der Waals surface area contributed by atoms with E-state index in [-0.39, 0.29) is 5.78 Å². The number of carbonyl (C=O) groups is 2. The van der Waals surface area contributed by atoms with E-state index in [1.54, 1.807) is 12.1 Å². The maximum Gasteiger partial charge on any atom is 0.318 e. The summed E-state index contributed by atoms with van der Waals surface area (Å²) < 4.78 is 0. The number of ketones is 1. The Labute approximate surface area is 116 Å². The van der Waals surface area contributed by atoms with Gasteiger partial charge in [-0.05, 0) is 23.6 Å². The van der Waals surface area contributed by atoms with Gasteiger partial charge in [-0.1, -0.05) is 54.6 Å². The molecule has 2 aromatic carbocycles. The van der Waals surface area contributed by atoms with Crippen molar-refractivity contribution in [2.24, 2.45) is 0 Å². The number of rotatable bonds is 2. The normalized spacial score (nSPS) is 24.4. The molecule has 0 fully saturated rings. The van der Waals surface area contributed by atoms with Crippen LogP contribution >= 0.6 is 0 Å². The van der Waals surface area contributed by atoms with Crippen LogP contribution in [0.4, 0.5) is 0 Å². The lowest BCUT2D eigenvalue weighted by Crippen LogP contribution is -2.33. The Morgan fingerprint density at radius 2 is 1.65 bits per heavy atom. The fourth-order valence-corrected chi connectivity index (χ4v) is 3.08. The topological polar surface area (TPSA) is 54.4 Å². The summed E-state index contributed by atoms with van der Waals surface area (Å²) in [7, 11) is 0. The number of carboxylic acid groups (broad SMARTS) is 1. The summed E-state index contributed by atoms with van der Waals surface area (Å²) in [5, 5.41) is 9.39. The Morgan fingerprint density at radius 1 is 1.05 bits per heavy atom. The van der Waals surface area contributed by atoms with Crippen LogP contribution in [0, 0.1) is 0 Å². The summed E-state index contributed by atoms with van der Waals surface area (Å²) >= 11 is 0. The van der Waals surface area contributed by atoms with E-state index < -0.39 is 17.3 Å². The van der Waals surface area contributed by atoms with Crippen LogP contribution < -0.4 is 0 Å². The SMILES string of the molecule is C[C@@]1(c2ccccc2)C(=O)C(C(=O)O)c2ccccc21. The van der Waals surface area contributed by atoms with Crippen LogP contribution in [0.15, 0.2) is 54.6 Å². The highest BCUT2D eigenvalue weighted by Gasteiger charge is 2.52.